The SMILES string of the molecule is CC(CCc1ccccc1)n1c(-c2ccccc2F)csc1=Nc1ccccc1[N+](=O)[O-]. The lowest BCUT2D eigenvalue weighted by Gasteiger charge is -2.18. The first-order valence-electron chi connectivity index (χ1n) is 10.3. The van der Waals surface area contributed by atoms with Gasteiger partial charge in [0.25, 0.3) is 5.69 Å². The molecule has 0 saturated heterocycles. The Morgan fingerprint density at radius 3 is 2.47 bits per heavy atom. The number of nitrogens with zero attached hydrogens (tertiary/aromatic N) is 3. The van der Waals surface area contributed by atoms with Crippen molar-refractivity contribution >= 4 is 22.7 Å². The van der Waals surface area contributed by atoms with Gasteiger partial charge in [0.2, 0.25) is 0 Å². The molecule has 0 amide bonds. The van der Waals surface area contributed by atoms with Crippen LogP contribution in [-0.2, 0) is 6.42 Å². The summed E-state index contributed by atoms with van der Waals surface area (Å²) < 4.78 is 16.6. The van der Waals surface area contributed by atoms with Crippen molar-refractivity contribution in [3.8, 4) is 11.3 Å². The second-order valence-electron chi connectivity index (χ2n) is 7.48. The molecule has 162 valence electrons. The number of aromatic nitrogens is 1. The molecule has 0 fully saturated rings. The van der Waals surface area contributed by atoms with Crippen molar-refractivity contribution in [2.24, 2.45) is 4.99 Å². The average Bonchev–Trinajstić information content (AvgIpc) is 3.22. The standard InChI is InChI=1S/C25H22FN3O2S/c1-18(15-16-19-9-3-2-4-10-19)28-24(20-11-5-6-12-21(20)26)17-32-25(28)27-22-13-7-8-14-23(22)29(30)31/h2-14,17-18H,15-16H2,1H3. The summed E-state index contributed by atoms with van der Waals surface area (Å²) in [5.74, 6) is -0.313. The van der Waals surface area contributed by atoms with Crippen molar-refractivity contribution in [1.82, 2.24) is 4.57 Å². The lowest BCUT2D eigenvalue weighted by atomic mass is 10.1. The number of benzene rings is 3. The highest BCUT2D eigenvalue weighted by molar-refractivity contribution is 7.07. The minimum Gasteiger partial charge on any atom is -0.314 e. The van der Waals surface area contributed by atoms with E-state index in [1.54, 1.807) is 36.4 Å². The predicted octanol–water partition coefficient (Wildman–Crippen LogP) is 6.69. The fraction of sp³-hybridized carbons (Fsp3) is 0.160. The number of aryl methyl sites for hydroxylation is 1. The fourth-order valence-corrected chi connectivity index (χ4v) is 4.66. The van der Waals surface area contributed by atoms with Gasteiger partial charge in [-0.15, -0.1) is 11.3 Å². The summed E-state index contributed by atoms with van der Waals surface area (Å²) in [6, 6.07) is 23.2. The van der Waals surface area contributed by atoms with Crippen LogP contribution in [-0.4, -0.2) is 9.49 Å². The maximum Gasteiger partial charge on any atom is 0.294 e. The highest BCUT2D eigenvalue weighted by Gasteiger charge is 2.18. The molecule has 0 saturated carbocycles. The van der Waals surface area contributed by atoms with Crippen molar-refractivity contribution in [1.29, 1.82) is 0 Å². The minimum atomic E-state index is -0.437. The van der Waals surface area contributed by atoms with Gasteiger partial charge in [-0.2, -0.15) is 0 Å². The maximum atomic E-state index is 14.6. The van der Waals surface area contributed by atoms with Crippen LogP contribution < -0.4 is 4.80 Å². The van der Waals surface area contributed by atoms with Gasteiger partial charge < -0.3 is 4.57 Å². The summed E-state index contributed by atoms with van der Waals surface area (Å²) in [5.41, 5.74) is 2.64. The number of nitro benzene ring substituents is 1. The van der Waals surface area contributed by atoms with Crippen LogP contribution in [0.3, 0.4) is 0 Å². The van der Waals surface area contributed by atoms with E-state index in [1.807, 2.05) is 28.1 Å². The molecule has 0 spiro atoms. The van der Waals surface area contributed by atoms with E-state index in [1.165, 1.54) is 29.0 Å². The molecule has 7 heteroatoms. The first-order valence-corrected chi connectivity index (χ1v) is 11.2. The summed E-state index contributed by atoms with van der Waals surface area (Å²) in [6.07, 6.45) is 1.67. The molecule has 1 atom stereocenters. The summed E-state index contributed by atoms with van der Waals surface area (Å²) in [5, 5.41) is 13.3. The molecule has 32 heavy (non-hydrogen) atoms. The molecule has 0 aliphatic rings. The monoisotopic (exact) mass is 447 g/mol. The summed E-state index contributed by atoms with van der Waals surface area (Å²) >= 11 is 1.35. The quantitative estimate of drug-likeness (QED) is 0.234. The number of thiazole rings is 1. The van der Waals surface area contributed by atoms with E-state index in [0.717, 1.165) is 12.8 Å². The maximum absolute atomic E-state index is 14.6. The van der Waals surface area contributed by atoms with Crippen molar-refractivity contribution in [2.75, 3.05) is 0 Å². The van der Waals surface area contributed by atoms with Crippen LogP contribution in [0.4, 0.5) is 15.8 Å². The van der Waals surface area contributed by atoms with E-state index in [-0.39, 0.29) is 23.2 Å². The Labute approximate surface area is 189 Å². The molecule has 3 aromatic carbocycles. The first kappa shape index (κ1) is 21.6. The molecule has 1 aromatic heterocycles. The van der Waals surface area contributed by atoms with Crippen LogP contribution in [0.2, 0.25) is 0 Å². The van der Waals surface area contributed by atoms with Gasteiger partial charge in [-0.1, -0.05) is 54.6 Å². The van der Waals surface area contributed by atoms with Gasteiger partial charge in [0.1, 0.15) is 11.5 Å². The van der Waals surface area contributed by atoms with Crippen molar-refractivity contribution in [2.45, 2.75) is 25.8 Å². The van der Waals surface area contributed by atoms with Gasteiger partial charge in [-0.25, -0.2) is 9.38 Å². The Kier molecular flexibility index (Phi) is 6.56. The topological polar surface area (TPSA) is 60.4 Å². The summed E-state index contributed by atoms with van der Waals surface area (Å²) in [4.78, 5) is 16.2. The Bertz CT molecular complexity index is 1300. The van der Waals surface area contributed by atoms with Gasteiger partial charge in [0.05, 0.1) is 10.6 Å². The number of para-hydroxylation sites is 2. The Hall–Kier alpha value is -3.58. The molecule has 0 aliphatic carbocycles. The van der Waals surface area contributed by atoms with Crippen molar-refractivity contribution < 1.29 is 9.31 Å². The average molecular weight is 448 g/mol. The van der Waals surface area contributed by atoms with E-state index >= 15 is 0 Å². The highest BCUT2D eigenvalue weighted by Crippen LogP contribution is 2.30. The predicted molar refractivity (Wildman–Crippen MR) is 125 cm³/mol. The Morgan fingerprint density at radius 1 is 1.03 bits per heavy atom. The van der Waals surface area contributed by atoms with Gasteiger partial charge in [0.15, 0.2) is 4.80 Å². The molecule has 0 radical (unpaired) electrons. The van der Waals surface area contributed by atoms with E-state index in [4.69, 9.17) is 0 Å². The third kappa shape index (κ3) is 4.68. The van der Waals surface area contributed by atoms with Gasteiger partial charge in [-0.05, 0) is 43.5 Å². The summed E-state index contributed by atoms with van der Waals surface area (Å²) in [6.45, 7) is 2.07. The molecule has 0 bridgehead atoms. The zero-order valence-electron chi connectivity index (χ0n) is 17.5. The molecule has 4 rings (SSSR count). The minimum absolute atomic E-state index is 0.00224. The van der Waals surface area contributed by atoms with Crippen molar-refractivity contribution in [3.63, 3.8) is 0 Å². The number of nitro groups is 1. The second-order valence-corrected chi connectivity index (χ2v) is 8.32. The van der Waals surface area contributed by atoms with E-state index in [0.29, 0.717) is 16.1 Å². The second kappa shape index (κ2) is 9.70. The number of hydrogen-bond acceptors (Lipinski definition) is 4. The molecule has 5 nitrogen and oxygen atoms in total. The lowest BCUT2D eigenvalue weighted by Crippen LogP contribution is -2.20. The lowest BCUT2D eigenvalue weighted by molar-refractivity contribution is -0.384. The third-order valence-corrected chi connectivity index (χ3v) is 6.16. The molecule has 0 N–H and O–H groups in total. The molecular formula is C25H22FN3O2S. The number of halogens is 1. The van der Waals surface area contributed by atoms with E-state index in [9.17, 15) is 14.5 Å². The van der Waals surface area contributed by atoms with Gasteiger partial charge >= 0.3 is 0 Å². The zero-order valence-corrected chi connectivity index (χ0v) is 18.3. The normalized spacial score (nSPS) is 12.6. The third-order valence-electron chi connectivity index (χ3n) is 5.32. The largest absolute Gasteiger partial charge is 0.314 e. The summed E-state index contributed by atoms with van der Waals surface area (Å²) in [7, 11) is 0. The van der Waals surface area contributed by atoms with Crippen LogP contribution in [0.15, 0.2) is 89.2 Å². The Morgan fingerprint density at radius 2 is 1.72 bits per heavy atom. The molecular weight excluding hydrogens is 425 g/mol. The number of rotatable bonds is 7. The van der Waals surface area contributed by atoms with Crippen molar-refractivity contribution in [3.05, 3.63) is 111 Å². The smallest absolute Gasteiger partial charge is 0.294 e. The zero-order chi connectivity index (χ0) is 22.5. The molecule has 0 aliphatic heterocycles. The van der Waals surface area contributed by atoms with Gasteiger partial charge in [0, 0.05) is 23.1 Å². The Balaban J connectivity index is 1.81. The number of hydrogen-bond donors (Lipinski definition) is 0. The first-order chi connectivity index (χ1) is 15.5. The van der Waals surface area contributed by atoms with Crippen LogP contribution >= 0.6 is 11.3 Å². The van der Waals surface area contributed by atoms with Crippen LogP contribution in [0.5, 0.6) is 0 Å². The van der Waals surface area contributed by atoms with E-state index < -0.39 is 4.92 Å². The fourth-order valence-electron chi connectivity index (χ4n) is 3.66. The van der Waals surface area contributed by atoms with Gasteiger partial charge in [-0.3, -0.25) is 10.1 Å². The van der Waals surface area contributed by atoms with Crippen LogP contribution in [0.1, 0.15) is 24.9 Å². The van der Waals surface area contributed by atoms with Crippen LogP contribution in [0, 0.1) is 15.9 Å². The van der Waals surface area contributed by atoms with E-state index in [2.05, 4.69) is 24.0 Å². The van der Waals surface area contributed by atoms with Crippen LogP contribution in [0.25, 0.3) is 11.3 Å². The highest BCUT2D eigenvalue weighted by atomic mass is 32.1. The molecule has 1 heterocycles. The molecule has 1 unspecified atom stereocenters. The molecule has 4 aromatic rings.